The lowest BCUT2D eigenvalue weighted by atomic mass is 10.1. The second kappa shape index (κ2) is 6.86. The summed E-state index contributed by atoms with van der Waals surface area (Å²) in [6, 6.07) is 12.4. The van der Waals surface area contributed by atoms with E-state index in [0.717, 1.165) is 11.3 Å². The number of rotatable bonds is 3. The Bertz CT molecular complexity index is 806. The molecule has 7 heteroatoms. The highest BCUT2D eigenvalue weighted by Gasteiger charge is 2.32. The third kappa shape index (κ3) is 3.18. The zero-order valence-corrected chi connectivity index (χ0v) is 14.5. The van der Waals surface area contributed by atoms with Gasteiger partial charge in [0.05, 0.1) is 19.8 Å². The molecule has 1 fully saturated rings. The van der Waals surface area contributed by atoms with Gasteiger partial charge in [-0.2, -0.15) is 0 Å². The van der Waals surface area contributed by atoms with E-state index in [1.165, 1.54) is 5.06 Å². The van der Waals surface area contributed by atoms with E-state index in [1.54, 1.807) is 25.3 Å². The molecule has 0 unspecified atom stereocenters. The van der Waals surface area contributed by atoms with Gasteiger partial charge in [0.2, 0.25) is 13.1 Å². The highest BCUT2D eigenvalue weighted by atomic mass is 16.8. The molecular formula is C19H19NO6. The van der Waals surface area contributed by atoms with Gasteiger partial charge in [-0.25, -0.2) is 9.90 Å². The van der Waals surface area contributed by atoms with Gasteiger partial charge >= 0.3 is 0 Å². The van der Waals surface area contributed by atoms with Gasteiger partial charge in [-0.3, -0.25) is 4.79 Å². The van der Waals surface area contributed by atoms with Gasteiger partial charge in [-0.05, 0) is 37.3 Å². The van der Waals surface area contributed by atoms with Crippen molar-refractivity contribution < 1.29 is 28.6 Å². The van der Waals surface area contributed by atoms with Gasteiger partial charge in [0.25, 0.3) is 5.91 Å². The fraction of sp³-hybridized carbons (Fsp3) is 0.316. The van der Waals surface area contributed by atoms with Crippen molar-refractivity contribution in [2.75, 3.05) is 20.4 Å². The van der Waals surface area contributed by atoms with E-state index in [4.69, 9.17) is 23.8 Å². The highest BCUT2D eigenvalue weighted by Crippen LogP contribution is 2.34. The van der Waals surface area contributed by atoms with Crippen LogP contribution >= 0.6 is 0 Å². The number of hydrogen-bond donors (Lipinski definition) is 0. The van der Waals surface area contributed by atoms with E-state index in [9.17, 15) is 4.79 Å². The van der Waals surface area contributed by atoms with Crippen LogP contribution in [-0.4, -0.2) is 37.5 Å². The molecule has 0 aliphatic carbocycles. The number of hydrogen-bond acceptors (Lipinski definition) is 6. The Hall–Kier alpha value is -2.77. The number of methoxy groups -OCH3 is 1. The summed E-state index contributed by atoms with van der Waals surface area (Å²) >= 11 is 0. The van der Waals surface area contributed by atoms with Gasteiger partial charge in [0, 0.05) is 11.1 Å². The lowest BCUT2D eigenvalue weighted by Crippen LogP contribution is -2.44. The number of fused-ring (bicyclic) bond motifs is 1. The van der Waals surface area contributed by atoms with Crippen LogP contribution in [0.2, 0.25) is 0 Å². The smallest absolute Gasteiger partial charge is 0.277 e. The molecule has 2 aromatic carbocycles. The second-order valence-electron chi connectivity index (χ2n) is 6.09. The number of benzene rings is 2. The largest absolute Gasteiger partial charge is 0.497 e. The minimum atomic E-state index is -0.664. The number of amides is 1. The van der Waals surface area contributed by atoms with E-state index in [1.807, 2.05) is 31.2 Å². The molecule has 1 amide bonds. The molecule has 2 aliphatic heterocycles. The fourth-order valence-electron chi connectivity index (χ4n) is 2.88. The van der Waals surface area contributed by atoms with E-state index in [-0.39, 0.29) is 18.8 Å². The molecule has 7 nitrogen and oxygen atoms in total. The van der Waals surface area contributed by atoms with E-state index < -0.39 is 6.29 Å². The molecular weight excluding hydrogens is 338 g/mol. The molecule has 0 bridgehead atoms. The molecule has 0 radical (unpaired) electrons. The van der Waals surface area contributed by atoms with Crippen LogP contribution in [-0.2, 0) is 9.57 Å². The molecule has 2 atom stereocenters. The molecule has 2 aromatic rings. The van der Waals surface area contributed by atoms with Gasteiger partial charge in [-0.15, -0.1) is 0 Å². The first-order valence-electron chi connectivity index (χ1n) is 8.32. The van der Waals surface area contributed by atoms with Crippen molar-refractivity contribution >= 4 is 5.91 Å². The summed E-state index contributed by atoms with van der Waals surface area (Å²) in [5, 5.41) is 1.33. The molecule has 4 rings (SSSR count). The van der Waals surface area contributed by atoms with Crippen LogP contribution in [0.1, 0.15) is 29.1 Å². The normalized spacial score (nSPS) is 21.5. The summed E-state index contributed by atoms with van der Waals surface area (Å²) in [6.07, 6.45) is -0.837. The van der Waals surface area contributed by atoms with E-state index in [2.05, 4.69) is 0 Å². The summed E-state index contributed by atoms with van der Waals surface area (Å²) in [5.41, 5.74) is 1.28. The average molecular weight is 357 g/mol. The van der Waals surface area contributed by atoms with Crippen molar-refractivity contribution in [2.45, 2.75) is 19.3 Å². The SMILES string of the molecule is COc1ccc([C@H]2O[C@@H](C)CN(C(=O)c3ccc4c(c3)OCO4)O2)cc1. The number of ether oxygens (including phenoxy) is 4. The monoisotopic (exact) mass is 357 g/mol. The first-order valence-corrected chi connectivity index (χ1v) is 8.32. The average Bonchev–Trinajstić information content (AvgIpc) is 3.14. The van der Waals surface area contributed by atoms with E-state index in [0.29, 0.717) is 23.6 Å². The molecule has 26 heavy (non-hydrogen) atoms. The molecule has 0 N–H and O–H groups in total. The molecule has 2 heterocycles. The maximum atomic E-state index is 12.9. The standard InChI is InChI=1S/C19H19NO6/c1-12-10-20(18(21)14-5-8-16-17(9-14)24-11-23-16)26-19(25-12)13-3-6-15(22-2)7-4-13/h3-9,12,19H,10-11H2,1-2H3/t12-,19-/m0/s1. The number of nitrogens with zero attached hydrogens (tertiary/aromatic N) is 1. The molecule has 0 aromatic heterocycles. The molecule has 1 saturated heterocycles. The lowest BCUT2D eigenvalue weighted by molar-refractivity contribution is -0.320. The van der Waals surface area contributed by atoms with Crippen LogP contribution in [0.4, 0.5) is 0 Å². The fourth-order valence-corrected chi connectivity index (χ4v) is 2.88. The maximum absolute atomic E-state index is 12.9. The predicted octanol–water partition coefficient (Wildman–Crippen LogP) is 2.92. The van der Waals surface area contributed by atoms with Crippen LogP contribution < -0.4 is 14.2 Å². The number of carbonyl (C=O) groups is 1. The van der Waals surface area contributed by atoms with Gasteiger partial charge in [0.1, 0.15) is 5.75 Å². The summed E-state index contributed by atoms with van der Waals surface area (Å²) in [5.74, 6) is 1.68. The third-order valence-electron chi connectivity index (χ3n) is 4.24. The Balaban J connectivity index is 1.53. The summed E-state index contributed by atoms with van der Waals surface area (Å²) < 4.78 is 21.6. The van der Waals surface area contributed by atoms with Crippen LogP contribution in [0.3, 0.4) is 0 Å². The van der Waals surface area contributed by atoms with Crippen LogP contribution in [0.15, 0.2) is 42.5 Å². The van der Waals surface area contributed by atoms with Crippen molar-refractivity contribution in [1.82, 2.24) is 5.06 Å². The quantitative estimate of drug-likeness (QED) is 0.841. The van der Waals surface area contributed by atoms with Crippen LogP contribution in [0.25, 0.3) is 0 Å². The Kier molecular flexibility index (Phi) is 4.40. The predicted molar refractivity (Wildman–Crippen MR) is 91.0 cm³/mol. The van der Waals surface area contributed by atoms with Crippen molar-refractivity contribution in [3.05, 3.63) is 53.6 Å². The summed E-state index contributed by atoms with van der Waals surface area (Å²) in [6.45, 7) is 2.40. The Morgan fingerprint density at radius 1 is 1.12 bits per heavy atom. The van der Waals surface area contributed by atoms with Gasteiger partial charge in [0.15, 0.2) is 11.5 Å². The lowest BCUT2D eigenvalue weighted by Gasteiger charge is -2.36. The Morgan fingerprint density at radius 3 is 2.65 bits per heavy atom. The Morgan fingerprint density at radius 2 is 1.88 bits per heavy atom. The summed E-state index contributed by atoms with van der Waals surface area (Å²) in [7, 11) is 1.61. The highest BCUT2D eigenvalue weighted by molar-refractivity contribution is 5.94. The zero-order chi connectivity index (χ0) is 18.1. The minimum absolute atomic E-state index is 0.164. The molecule has 136 valence electrons. The number of carbonyl (C=O) groups excluding carboxylic acids is 1. The third-order valence-corrected chi connectivity index (χ3v) is 4.24. The van der Waals surface area contributed by atoms with Gasteiger partial charge < -0.3 is 18.9 Å². The maximum Gasteiger partial charge on any atom is 0.277 e. The van der Waals surface area contributed by atoms with Crippen molar-refractivity contribution in [3.63, 3.8) is 0 Å². The van der Waals surface area contributed by atoms with E-state index >= 15 is 0 Å². The summed E-state index contributed by atoms with van der Waals surface area (Å²) in [4.78, 5) is 18.7. The number of hydroxylamine groups is 2. The van der Waals surface area contributed by atoms with Crippen LogP contribution in [0, 0.1) is 0 Å². The van der Waals surface area contributed by atoms with Crippen LogP contribution in [0.5, 0.6) is 17.2 Å². The topological polar surface area (TPSA) is 66.5 Å². The van der Waals surface area contributed by atoms with Crippen molar-refractivity contribution in [2.24, 2.45) is 0 Å². The Labute approximate surface area is 150 Å². The van der Waals surface area contributed by atoms with Crippen molar-refractivity contribution in [1.29, 1.82) is 0 Å². The second-order valence-corrected chi connectivity index (χ2v) is 6.09. The first-order chi connectivity index (χ1) is 12.6. The minimum Gasteiger partial charge on any atom is -0.497 e. The molecule has 2 aliphatic rings. The molecule has 0 saturated carbocycles. The molecule has 0 spiro atoms. The van der Waals surface area contributed by atoms with Crippen molar-refractivity contribution in [3.8, 4) is 17.2 Å². The first kappa shape index (κ1) is 16.7. The van der Waals surface area contributed by atoms with Gasteiger partial charge in [-0.1, -0.05) is 12.1 Å². The zero-order valence-electron chi connectivity index (χ0n) is 14.5.